The molecule has 30 heavy (non-hydrogen) atoms. The van der Waals surface area contributed by atoms with Gasteiger partial charge in [0.15, 0.2) is 5.69 Å². The van der Waals surface area contributed by atoms with Gasteiger partial charge < -0.3 is 0 Å². The van der Waals surface area contributed by atoms with Crippen molar-refractivity contribution in [2.24, 2.45) is 0 Å². The van der Waals surface area contributed by atoms with Crippen LogP contribution in [0.5, 0.6) is 0 Å². The van der Waals surface area contributed by atoms with Crippen molar-refractivity contribution in [3.8, 4) is 0 Å². The molecule has 0 unspecified atom stereocenters. The molecular weight excluding hydrogens is 472 g/mol. The van der Waals surface area contributed by atoms with Crippen molar-refractivity contribution in [3.63, 3.8) is 0 Å². The van der Waals surface area contributed by atoms with Gasteiger partial charge in [0.1, 0.15) is 0 Å². The van der Waals surface area contributed by atoms with Crippen molar-refractivity contribution in [1.82, 2.24) is 20.0 Å². The van der Waals surface area contributed by atoms with Gasteiger partial charge in [-0.1, -0.05) is 53.9 Å². The van der Waals surface area contributed by atoms with E-state index in [1.165, 1.54) is 16.8 Å². The monoisotopic (exact) mass is 492 g/mol. The summed E-state index contributed by atoms with van der Waals surface area (Å²) in [6.45, 7) is 2.43. The zero-order chi connectivity index (χ0) is 21.7. The van der Waals surface area contributed by atoms with Gasteiger partial charge in [-0.2, -0.15) is 5.10 Å². The summed E-state index contributed by atoms with van der Waals surface area (Å²) in [5.74, 6) is -0.754. The van der Waals surface area contributed by atoms with Crippen LogP contribution in [0.25, 0.3) is 10.8 Å². The number of amides is 1. The number of halogens is 1. The number of hydrogen-bond acceptors (Lipinski definition) is 5. The van der Waals surface area contributed by atoms with E-state index in [-0.39, 0.29) is 16.1 Å². The Morgan fingerprint density at radius 3 is 2.40 bits per heavy atom. The third kappa shape index (κ3) is 4.94. The fourth-order valence-electron chi connectivity index (χ4n) is 2.91. The second kappa shape index (κ2) is 9.50. The Kier molecular flexibility index (Phi) is 7.01. The molecule has 0 atom stereocenters. The van der Waals surface area contributed by atoms with Gasteiger partial charge in [0.05, 0.1) is 10.3 Å². The van der Waals surface area contributed by atoms with Crippen molar-refractivity contribution < 1.29 is 13.2 Å². The SMILES string of the molecule is CCCCCn1nc(C(=O)NNS(=O)(=O)c2ccc(Br)cc2)c2ccccc2c1=O. The zero-order valence-electron chi connectivity index (χ0n) is 16.3. The Labute approximate surface area is 182 Å². The Morgan fingerprint density at radius 1 is 1.07 bits per heavy atom. The van der Waals surface area contributed by atoms with E-state index in [1.54, 1.807) is 36.4 Å². The first kappa shape index (κ1) is 22.1. The quantitative estimate of drug-likeness (QED) is 0.371. The minimum absolute atomic E-state index is 0.00615. The number of carbonyl (C=O) groups excluding carboxylic acids is 1. The summed E-state index contributed by atoms with van der Waals surface area (Å²) < 4.78 is 26.8. The van der Waals surface area contributed by atoms with Crippen molar-refractivity contribution in [3.05, 3.63) is 69.1 Å². The zero-order valence-corrected chi connectivity index (χ0v) is 18.7. The number of rotatable bonds is 8. The molecule has 1 aromatic heterocycles. The fourth-order valence-corrected chi connectivity index (χ4v) is 4.02. The highest BCUT2D eigenvalue weighted by Gasteiger charge is 2.20. The maximum absolute atomic E-state index is 12.8. The van der Waals surface area contributed by atoms with Crippen LogP contribution in [0.2, 0.25) is 0 Å². The molecule has 2 N–H and O–H groups in total. The summed E-state index contributed by atoms with van der Waals surface area (Å²) >= 11 is 3.24. The van der Waals surface area contributed by atoms with E-state index >= 15 is 0 Å². The lowest BCUT2D eigenvalue weighted by molar-refractivity contribution is 0.0939. The van der Waals surface area contributed by atoms with Crippen LogP contribution < -0.4 is 15.8 Å². The predicted molar refractivity (Wildman–Crippen MR) is 117 cm³/mol. The van der Waals surface area contributed by atoms with Crippen molar-refractivity contribution in [1.29, 1.82) is 0 Å². The molecule has 0 aliphatic carbocycles. The van der Waals surface area contributed by atoms with Gasteiger partial charge in [0.2, 0.25) is 0 Å². The van der Waals surface area contributed by atoms with Crippen LogP contribution in [0, 0.1) is 0 Å². The first-order valence-corrected chi connectivity index (χ1v) is 11.7. The number of aromatic nitrogens is 2. The van der Waals surface area contributed by atoms with Crippen LogP contribution in [-0.2, 0) is 16.6 Å². The van der Waals surface area contributed by atoms with Gasteiger partial charge in [-0.25, -0.2) is 13.1 Å². The number of fused-ring (bicyclic) bond motifs is 1. The number of unbranched alkanes of at least 4 members (excludes halogenated alkanes) is 2. The average Bonchev–Trinajstić information content (AvgIpc) is 2.74. The summed E-state index contributed by atoms with van der Waals surface area (Å²) in [6.07, 6.45) is 2.65. The minimum Gasteiger partial charge on any atom is -0.272 e. The molecule has 0 saturated heterocycles. The molecule has 10 heteroatoms. The van der Waals surface area contributed by atoms with Crippen LogP contribution >= 0.6 is 15.9 Å². The lowest BCUT2D eigenvalue weighted by Gasteiger charge is -2.12. The fraction of sp³-hybridized carbons (Fsp3) is 0.250. The first-order valence-electron chi connectivity index (χ1n) is 9.41. The van der Waals surface area contributed by atoms with Gasteiger partial charge in [-0.3, -0.25) is 15.0 Å². The molecule has 0 aliphatic heterocycles. The molecule has 2 aromatic carbocycles. The number of sulfonamides is 1. The molecule has 0 aliphatic rings. The number of hydrogen-bond donors (Lipinski definition) is 2. The van der Waals surface area contributed by atoms with Crippen LogP contribution in [0.4, 0.5) is 0 Å². The van der Waals surface area contributed by atoms with E-state index < -0.39 is 15.9 Å². The molecule has 158 valence electrons. The normalized spacial score (nSPS) is 11.5. The molecule has 0 radical (unpaired) electrons. The van der Waals surface area contributed by atoms with Crippen molar-refractivity contribution >= 4 is 42.6 Å². The van der Waals surface area contributed by atoms with Gasteiger partial charge in [-0.05, 0) is 36.8 Å². The van der Waals surface area contributed by atoms with Crippen LogP contribution in [0.3, 0.4) is 0 Å². The molecule has 8 nitrogen and oxygen atoms in total. The van der Waals surface area contributed by atoms with E-state index in [0.717, 1.165) is 23.7 Å². The number of nitrogens with one attached hydrogen (secondary N) is 2. The number of aryl methyl sites for hydroxylation is 1. The molecule has 1 heterocycles. The standard InChI is InChI=1S/C20H21BrN4O4S/c1-2-3-6-13-25-20(27)17-8-5-4-7-16(17)18(23-25)19(26)22-24-30(28,29)15-11-9-14(21)10-12-15/h4-5,7-12,24H,2-3,6,13H2,1H3,(H,22,26). The summed E-state index contributed by atoms with van der Waals surface area (Å²) in [5.41, 5.74) is 1.88. The highest BCUT2D eigenvalue weighted by molar-refractivity contribution is 9.10. The van der Waals surface area contributed by atoms with Gasteiger partial charge in [0.25, 0.3) is 21.5 Å². The second-order valence-corrected chi connectivity index (χ2v) is 9.24. The first-order chi connectivity index (χ1) is 14.3. The molecule has 0 saturated carbocycles. The number of nitrogens with zero attached hydrogens (tertiary/aromatic N) is 2. The third-order valence-corrected chi connectivity index (χ3v) is 6.27. The van der Waals surface area contributed by atoms with E-state index in [0.29, 0.717) is 17.3 Å². The molecule has 3 rings (SSSR count). The molecule has 1 amide bonds. The third-order valence-electron chi connectivity index (χ3n) is 4.48. The van der Waals surface area contributed by atoms with Gasteiger partial charge in [0, 0.05) is 16.4 Å². The highest BCUT2D eigenvalue weighted by atomic mass is 79.9. The molecule has 0 fully saturated rings. The summed E-state index contributed by atoms with van der Waals surface area (Å²) in [6, 6.07) is 12.6. The summed E-state index contributed by atoms with van der Waals surface area (Å²) in [4.78, 5) is 27.5. The van der Waals surface area contributed by atoms with Gasteiger partial charge >= 0.3 is 0 Å². The van der Waals surface area contributed by atoms with E-state index in [4.69, 9.17) is 0 Å². The smallest absolute Gasteiger partial charge is 0.272 e. The van der Waals surface area contributed by atoms with E-state index in [1.807, 2.05) is 6.92 Å². The minimum atomic E-state index is -3.97. The Bertz CT molecular complexity index is 1220. The van der Waals surface area contributed by atoms with E-state index in [2.05, 4.69) is 31.3 Å². The second-order valence-electron chi connectivity index (χ2n) is 6.64. The van der Waals surface area contributed by atoms with E-state index in [9.17, 15) is 18.0 Å². The van der Waals surface area contributed by atoms with Crippen LogP contribution in [0.1, 0.15) is 36.7 Å². The number of carbonyl (C=O) groups is 1. The lowest BCUT2D eigenvalue weighted by atomic mass is 10.1. The molecule has 3 aromatic rings. The Morgan fingerprint density at radius 2 is 1.73 bits per heavy atom. The summed E-state index contributed by atoms with van der Waals surface area (Å²) in [5, 5.41) is 4.92. The Balaban J connectivity index is 1.89. The topological polar surface area (TPSA) is 110 Å². The maximum atomic E-state index is 12.8. The number of benzene rings is 2. The van der Waals surface area contributed by atoms with Gasteiger partial charge in [-0.15, -0.1) is 4.83 Å². The highest BCUT2D eigenvalue weighted by Crippen LogP contribution is 2.15. The summed E-state index contributed by atoms with van der Waals surface area (Å²) in [7, 11) is -3.97. The van der Waals surface area contributed by atoms with Crippen LogP contribution in [0.15, 0.2) is 62.7 Å². The average molecular weight is 493 g/mol. The van der Waals surface area contributed by atoms with Crippen LogP contribution in [-0.4, -0.2) is 24.1 Å². The molecule has 0 bridgehead atoms. The maximum Gasteiger partial charge on any atom is 0.287 e. The predicted octanol–water partition coefficient (Wildman–Crippen LogP) is 2.97. The lowest BCUT2D eigenvalue weighted by Crippen LogP contribution is -2.42. The van der Waals surface area contributed by atoms with Crippen molar-refractivity contribution in [2.75, 3.05) is 0 Å². The molecular formula is C20H21BrN4O4S. The Hall–Kier alpha value is -2.56. The largest absolute Gasteiger partial charge is 0.287 e. The molecule has 0 spiro atoms. The number of hydrazine groups is 1. The van der Waals surface area contributed by atoms with Crippen molar-refractivity contribution in [2.45, 2.75) is 37.6 Å².